The molecule has 2 aromatic carbocycles. The highest BCUT2D eigenvalue weighted by molar-refractivity contribution is 9.10. The Morgan fingerprint density at radius 2 is 2.10 bits per heavy atom. The summed E-state index contributed by atoms with van der Waals surface area (Å²) in [6, 6.07) is 14.7. The third kappa shape index (κ3) is 2.00. The Labute approximate surface area is 125 Å². The maximum absolute atomic E-state index is 4.69. The second-order valence-corrected chi connectivity index (χ2v) is 6.13. The van der Waals surface area contributed by atoms with Crippen LogP contribution in [0, 0.1) is 0 Å². The van der Waals surface area contributed by atoms with Gasteiger partial charge in [0.15, 0.2) is 0 Å². The number of anilines is 1. The predicted octanol–water partition coefficient (Wildman–Crippen LogP) is 4.08. The summed E-state index contributed by atoms with van der Waals surface area (Å²) in [5, 5.41) is 3.46. The quantitative estimate of drug-likeness (QED) is 0.744. The van der Waals surface area contributed by atoms with E-state index in [1.807, 2.05) is 12.1 Å². The van der Waals surface area contributed by atoms with Crippen LogP contribution in [0.25, 0.3) is 11.0 Å². The molecular weight excluding hydrogens is 314 g/mol. The van der Waals surface area contributed by atoms with E-state index in [0.717, 1.165) is 34.3 Å². The largest absolute Gasteiger partial charge is 0.384 e. The molecule has 1 aromatic heterocycles. The van der Waals surface area contributed by atoms with E-state index in [4.69, 9.17) is 0 Å². The summed E-state index contributed by atoms with van der Waals surface area (Å²) in [6.07, 6.45) is 0.941. The van der Waals surface area contributed by atoms with Crippen LogP contribution in [0.15, 0.2) is 46.9 Å². The number of aromatic amines is 1. The Bertz CT molecular complexity index is 778. The van der Waals surface area contributed by atoms with Gasteiger partial charge in [0, 0.05) is 29.0 Å². The summed E-state index contributed by atoms with van der Waals surface area (Å²) in [5.74, 6) is 1.55. The molecule has 0 spiro atoms. The number of benzene rings is 2. The molecule has 0 amide bonds. The minimum Gasteiger partial charge on any atom is -0.384 e. The van der Waals surface area contributed by atoms with Crippen LogP contribution in [-0.2, 0) is 6.42 Å². The van der Waals surface area contributed by atoms with Crippen molar-refractivity contribution in [3.05, 3.63) is 58.3 Å². The first-order valence-corrected chi connectivity index (χ1v) is 7.56. The molecule has 0 bridgehead atoms. The van der Waals surface area contributed by atoms with Crippen molar-refractivity contribution < 1.29 is 0 Å². The van der Waals surface area contributed by atoms with Gasteiger partial charge in [0.05, 0.1) is 11.0 Å². The Morgan fingerprint density at radius 3 is 3.05 bits per heavy atom. The molecule has 0 fully saturated rings. The van der Waals surface area contributed by atoms with Gasteiger partial charge in [-0.05, 0) is 29.8 Å². The van der Waals surface area contributed by atoms with E-state index in [1.165, 1.54) is 11.3 Å². The van der Waals surface area contributed by atoms with Gasteiger partial charge >= 0.3 is 0 Å². The number of H-pyrrole nitrogens is 1. The van der Waals surface area contributed by atoms with Crippen molar-refractivity contribution in [1.82, 2.24) is 9.97 Å². The third-order valence-electron chi connectivity index (χ3n) is 3.87. The molecule has 1 atom stereocenters. The second-order valence-electron chi connectivity index (χ2n) is 5.21. The topological polar surface area (TPSA) is 40.7 Å². The van der Waals surface area contributed by atoms with E-state index in [2.05, 4.69) is 61.5 Å². The van der Waals surface area contributed by atoms with Crippen LogP contribution >= 0.6 is 15.9 Å². The Kier molecular flexibility index (Phi) is 2.77. The Balaban J connectivity index is 1.65. The van der Waals surface area contributed by atoms with E-state index in [-0.39, 0.29) is 0 Å². The van der Waals surface area contributed by atoms with Gasteiger partial charge in [-0.3, -0.25) is 0 Å². The van der Waals surface area contributed by atoms with E-state index in [0.29, 0.717) is 5.92 Å². The fourth-order valence-electron chi connectivity index (χ4n) is 2.90. The first-order chi connectivity index (χ1) is 9.79. The minimum absolute atomic E-state index is 0.496. The van der Waals surface area contributed by atoms with Gasteiger partial charge in [0.25, 0.3) is 0 Å². The predicted molar refractivity (Wildman–Crippen MR) is 85.2 cm³/mol. The highest BCUT2D eigenvalue weighted by Crippen LogP contribution is 2.33. The summed E-state index contributed by atoms with van der Waals surface area (Å²) in [4.78, 5) is 8.11. The van der Waals surface area contributed by atoms with E-state index in [1.54, 1.807) is 0 Å². The van der Waals surface area contributed by atoms with Crippen molar-refractivity contribution >= 4 is 32.7 Å². The number of imidazole rings is 1. The second kappa shape index (κ2) is 4.63. The first kappa shape index (κ1) is 12.0. The molecule has 1 aliphatic rings. The summed E-state index contributed by atoms with van der Waals surface area (Å²) in [5.41, 5.74) is 4.78. The van der Waals surface area contributed by atoms with Crippen LogP contribution in [0.1, 0.15) is 17.3 Å². The highest BCUT2D eigenvalue weighted by Gasteiger charge is 2.22. The number of fused-ring (bicyclic) bond motifs is 2. The van der Waals surface area contributed by atoms with Crippen molar-refractivity contribution in [2.24, 2.45) is 0 Å². The van der Waals surface area contributed by atoms with Crippen molar-refractivity contribution in [2.45, 2.75) is 12.3 Å². The maximum Gasteiger partial charge on any atom is 0.107 e. The Morgan fingerprint density at radius 1 is 1.20 bits per heavy atom. The van der Waals surface area contributed by atoms with Crippen molar-refractivity contribution in [2.75, 3.05) is 11.9 Å². The number of hydrogen-bond donors (Lipinski definition) is 2. The van der Waals surface area contributed by atoms with Crippen molar-refractivity contribution in [3.63, 3.8) is 0 Å². The van der Waals surface area contributed by atoms with Gasteiger partial charge in [-0.15, -0.1) is 0 Å². The van der Waals surface area contributed by atoms with Crippen LogP contribution in [0.3, 0.4) is 0 Å². The van der Waals surface area contributed by atoms with Gasteiger partial charge < -0.3 is 10.3 Å². The molecule has 1 aliphatic heterocycles. The summed E-state index contributed by atoms with van der Waals surface area (Å²) < 4.78 is 1.08. The molecular formula is C16H14BrN3. The van der Waals surface area contributed by atoms with Crippen molar-refractivity contribution in [3.8, 4) is 0 Å². The monoisotopic (exact) mass is 327 g/mol. The van der Waals surface area contributed by atoms with Crippen LogP contribution in [0.5, 0.6) is 0 Å². The lowest BCUT2D eigenvalue weighted by Gasteiger charge is -2.07. The number of halogens is 1. The number of nitrogens with one attached hydrogen (secondary N) is 2. The van der Waals surface area contributed by atoms with Crippen molar-refractivity contribution in [1.29, 1.82) is 0 Å². The zero-order valence-electron chi connectivity index (χ0n) is 10.9. The molecule has 4 rings (SSSR count). The number of nitrogens with zero attached hydrogens (tertiary/aromatic N) is 1. The minimum atomic E-state index is 0.496. The zero-order valence-corrected chi connectivity index (χ0v) is 12.4. The van der Waals surface area contributed by atoms with E-state index < -0.39 is 0 Å². The van der Waals surface area contributed by atoms with Gasteiger partial charge in [-0.1, -0.05) is 34.1 Å². The molecule has 4 heteroatoms. The molecule has 0 saturated heterocycles. The zero-order chi connectivity index (χ0) is 13.5. The molecule has 3 nitrogen and oxygen atoms in total. The number of aromatic nitrogens is 2. The average Bonchev–Trinajstić information content (AvgIpc) is 3.03. The van der Waals surface area contributed by atoms with Crippen LogP contribution < -0.4 is 5.32 Å². The SMILES string of the molecule is Brc1ccc2nc(CC3CNc4ccccc43)[nH]c2c1. The lowest BCUT2D eigenvalue weighted by atomic mass is 9.98. The summed E-state index contributed by atoms with van der Waals surface area (Å²) in [7, 11) is 0. The third-order valence-corrected chi connectivity index (χ3v) is 4.37. The molecule has 3 aromatic rings. The standard InChI is InChI=1S/C16H14BrN3/c17-11-5-6-14-15(8-11)20-16(19-14)7-10-9-18-13-4-2-1-3-12(10)13/h1-6,8,10,18H,7,9H2,(H,19,20). The van der Waals surface area contributed by atoms with Gasteiger partial charge in [0.1, 0.15) is 5.82 Å². The van der Waals surface area contributed by atoms with Crippen LogP contribution in [-0.4, -0.2) is 16.5 Å². The van der Waals surface area contributed by atoms with Gasteiger partial charge in [-0.2, -0.15) is 0 Å². The normalized spacial score (nSPS) is 17.1. The van der Waals surface area contributed by atoms with Crippen LogP contribution in [0.2, 0.25) is 0 Å². The van der Waals surface area contributed by atoms with Crippen LogP contribution in [0.4, 0.5) is 5.69 Å². The molecule has 0 saturated carbocycles. The lowest BCUT2D eigenvalue weighted by molar-refractivity contribution is 0.723. The summed E-state index contributed by atoms with van der Waals surface area (Å²) in [6.45, 7) is 0.986. The molecule has 2 N–H and O–H groups in total. The maximum atomic E-state index is 4.69. The van der Waals surface area contributed by atoms with Gasteiger partial charge in [0.2, 0.25) is 0 Å². The molecule has 100 valence electrons. The van der Waals surface area contributed by atoms with Gasteiger partial charge in [-0.25, -0.2) is 4.98 Å². The smallest absolute Gasteiger partial charge is 0.107 e. The van der Waals surface area contributed by atoms with E-state index in [9.17, 15) is 0 Å². The fraction of sp³-hybridized carbons (Fsp3) is 0.188. The number of rotatable bonds is 2. The summed E-state index contributed by atoms with van der Waals surface area (Å²) >= 11 is 3.49. The molecule has 0 radical (unpaired) electrons. The average molecular weight is 328 g/mol. The molecule has 0 aliphatic carbocycles. The van der Waals surface area contributed by atoms with E-state index >= 15 is 0 Å². The Hall–Kier alpha value is -1.81. The first-order valence-electron chi connectivity index (χ1n) is 6.76. The fourth-order valence-corrected chi connectivity index (χ4v) is 3.27. The number of para-hydroxylation sites is 1. The molecule has 1 unspecified atom stereocenters. The highest BCUT2D eigenvalue weighted by atomic mass is 79.9. The molecule has 2 heterocycles. The number of hydrogen-bond acceptors (Lipinski definition) is 2. The molecule has 20 heavy (non-hydrogen) atoms. The lowest BCUT2D eigenvalue weighted by Crippen LogP contribution is -2.06.